The number of fused-ring (bicyclic) bond motifs is 4. The first-order chi connectivity index (χ1) is 24.3. The molecule has 3 aromatic rings. The Labute approximate surface area is 295 Å². The van der Waals surface area contributed by atoms with E-state index in [1.165, 1.54) is 38.3 Å². The van der Waals surface area contributed by atoms with Gasteiger partial charge in [-0.1, -0.05) is 29.3 Å². The van der Waals surface area contributed by atoms with Crippen LogP contribution in [0.3, 0.4) is 0 Å². The Bertz CT molecular complexity index is 2080. The van der Waals surface area contributed by atoms with Gasteiger partial charge in [0.15, 0.2) is 0 Å². The minimum Gasteiger partial charge on any atom is -0.508 e. The third-order valence-corrected chi connectivity index (χ3v) is 11.1. The quantitative estimate of drug-likeness (QED) is 0.167. The van der Waals surface area contributed by atoms with Crippen LogP contribution in [0.5, 0.6) is 11.5 Å². The number of hydrogen-bond acceptors (Lipinski definition) is 6. The lowest BCUT2D eigenvalue weighted by molar-refractivity contribution is -0.143. The summed E-state index contributed by atoms with van der Waals surface area (Å²) in [5.74, 6) is -10.4. The number of nitrogens with zero attached hydrogens (tertiary/aromatic N) is 2. The summed E-state index contributed by atoms with van der Waals surface area (Å²) in [5.41, 5.74) is -5.50. The van der Waals surface area contributed by atoms with Crippen molar-refractivity contribution in [2.45, 2.75) is 38.0 Å². The van der Waals surface area contributed by atoms with Gasteiger partial charge in [0, 0.05) is 17.5 Å². The summed E-state index contributed by atoms with van der Waals surface area (Å²) < 4.78 is 102. The van der Waals surface area contributed by atoms with Gasteiger partial charge >= 0.3 is 12.4 Å². The number of amides is 4. The molecule has 1 saturated carbocycles. The lowest BCUT2D eigenvalue weighted by atomic mass is 9.51. The maximum atomic E-state index is 14.5. The van der Waals surface area contributed by atoms with Crippen molar-refractivity contribution in [1.29, 1.82) is 0 Å². The van der Waals surface area contributed by atoms with E-state index in [0.29, 0.717) is 22.6 Å². The molecular weight excluding hydrogens is 725 g/mol. The smallest absolute Gasteiger partial charge is 0.416 e. The van der Waals surface area contributed by atoms with Crippen LogP contribution in [-0.2, 0) is 31.5 Å². The molecule has 0 bridgehead atoms. The summed E-state index contributed by atoms with van der Waals surface area (Å²) in [6.45, 7) is 1.51. The first kappa shape index (κ1) is 35.5. The molecule has 2 aliphatic carbocycles. The number of imide groups is 2. The summed E-state index contributed by atoms with van der Waals surface area (Å²) in [6, 6.07) is 7.99. The zero-order valence-electron chi connectivity index (χ0n) is 27.0. The monoisotopic (exact) mass is 750 g/mol. The fourth-order valence-corrected chi connectivity index (χ4v) is 8.62. The minimum absolute atomic E-state index is 0.0483. The summed E-state index contributed by atoms with van der Waals surface area (Å²) in [7, 11) is 1.35. The van der Waals surface area contributed by atoms with E-state index in [4.69, 9.17) is 16.3 Å². The molecule has 4 amide bonds. The van der Waals surface area contributed by atoms with Crippen LogP contribution >= 0.6 is 11.6 Å². The van der Waals surface area contributed by atoms with Crippen LogP contribution in [0, 0.1) is 34.9 Å². The van der Waals surface area contributed by atoms with E-state index in [0.717, 1.165) is 17.0 Å². The van der Waals surface area contributed by atoms with Crippen molar-refractivity contribution in [3.05, 3.63) is 93.8 Å². The number of carbonyl (C=O) groups is 4. The van der Waals surface area contributed by atoms with Crippen LogP contribution < -0.4 is 14.5 Å². The van der Waals surface area contributed by atoms with Gasteiger partial charge in [-0.15, -0.1) is 0 Å². The number of allylic oxidation sites excluding steroid dienone is 2. The lowest BCUT2D eigenvalue weighted by Crippen LogP contribution is -2.48. The van der Waals surface area contributed by atoms with E-state index in [2.05, 4.69) is 0 Å². The second-order valence-corrected chi connectivity index (χ2v) is 13.9. The Kier molecular flexibility index (Phi) is 8.05. The largest absolute Gasteiger partial charge is 0.508 e. The molecule has 52 heavy (non-hydrogen) atoms. The van der Waals surface area contributed by atoms with Crippen molar-refractivity contribution < 1.29 is 59.8 Å². The number of halogens is 8. The van der Waals surface area contributed by atoms with Crippen molar-refractivity contribution in [1.82, 2.24) is 0 Å². The van der Waals surface area contributed by atoms with Gasteiger partial charge < -0.3 is 9.84 Å². The third kappa shape index (κ3) is 5.18. The standard InChI is InChI=1S/C36H26ClF7N2O6/c1-34-24(31(49)46(33(34)51)17-3-8-26(38)25(37)12-17)14-23-20(29(34)21-5-4-19(52-2)13-27(21)47)6-7-22-28(23)32(50)45(30(22)48)18-10-15(35(39,40)41)9-16(11-18)36(42,43)44/h3-6,8-13,22-24,28-29,47H,7,14H2,1-2H3. The highest BCUT2D eigenvalue weighted by Crippen LogP contribution is 2.64. The molecule has 8 nitrogen and oxygen atoms in total. The predicted octanol–water partition coefficient (Wildman–Crippen LogP) is 7.67. The molecule has 6 atom stereocenters. The molecule has 272 valence electrons. The van der Waals surface area contributed by atoms with E-state index in [-0.39, 0.29) is 46.7 Å². The molecule has 6 unspecified atom stereocenters. The number of anilines is 2. The maximum Gasteiger partial charge on any atom is 0.416 e. The van der Waals surface area contributed by atoms with Crippen molar-refractivity contribution in [2.75, 3.05) is 16.9 Å². The third-order valence-electron chi connectivity index (χ3n) is 10.8. The van der Waals surface area contributed by atoms with Crippen molar-refractivity contribution in [2.24, 2.45) is 29.1 Å². The summed E-state index contributed by atoms with van der Waals surface area (Å²) >= 11 is 6.00. The summed E-state index contributed by atoms with van der Waals surface area (Å²) in [5, 5.41) is 10.9. The Morgan fingerprint density at radius 1 is 0.827 bits per heavy atom. The molecule has 2 heterocycles. The van der Waals surface area contributed by atoms with Crippen LogP contribution in [0.25, 0.3) is 0 Å². The molecule has 0 aromatic heterocycles. The molecule has 1 N–H and O–H groups in total. The molecule has 3 aromatic carbocycles. The number of methoxy groups -OCH3 is 1. The summed E-state index contributed by atoms with van der Waals surface area (Å²) in [4.78, 5) is 58.0. The second kappa shape index (κ2) is 11.8. The molecule has 0 spiro atoms. The number of aromatic hydroxyl groups is 1. The van der Waals surface area contributed by atoms with Crippen LogP contribution in [0.4, 0.5) is 42.1 Å². The van der Waals surface area contributed by atoms with Crippen molar-refractivity contribution >= 4 is 46.6 Å². The first-order valence-electron chi connectivity index (χ1n) is 15.9. The van der Waals surface area contributed by atoms with Crippen molar-refractivity contribution in [3.8, 4) is 11.5 Å². The van der Waals surface area contributed by atoms with Gasteiger partial charge in [-0.25, -0.2) is 14.2 Å². The van der Waals surface area contributed by atoms with E-state index < -0.39 is 93.6 Å². The zero-order valence-corrected chi connectivity index (χ0v) is 27.7. The highest BCUT2D eigenvalue weighted by molar-refractivity contribution is 6.32. The molecule has 2 saturated heterocycles. The average Bonchev–Trinajstić information content (AvgIpc) is 3.44. The Morgan fingerprint density at radius 3 is 2.06 bits per heavy atom. The minimum atomic E-state index is -5.25. The van der Waals surface area contributed by atoms with Crippen LogP contribution in [0.15, 0.2) is 66.2 Å². The normalized spacial score (nSPS) is 27.4. The number of phenolic OH excluding ortho intramolecular Hbond substituents is 1. The van der Waals surface area contributed by atoms with Gasteiger partial charge in [0.2, 0.25) is 23.6 Å². The number of phenols is 1. The average molecular weight is 751 g/mol. The number of carbonyl (C=O) groups excluding carboxylic acids is 4. The zero-order chi connectivity index (χ0) is 37.8. The van der Waals surface area contributed by atoms with E-state index >= 15 is 0 Å². The number of hydrogen-bond donors (Lipinski definition) is 1. The first-order valence-corrected chi connectivity index (χ1v) is 16.2. The predicted molar refractivity (Wildman–Crippen MR) is 170 cm³/mol. The summed E-state index contributed by atoms with van der Waals surface area (Å²) in [6.07, 6.45) is -9.33. The molecule has 4 aliphatic rings. The van der Waals surface area contributed by atoms with Gasteiger partial charge in [0.05, 0.1) is 57.8 Å². The molecule has 3 fully saturated rings. The fraction of sp³-hybridized carbons (Fsp3) is 0.333. The lowest BCUT2D eigenvalue weighted by Gasteiger charge is -2.49. The fourth-order valence-electron chi connectivity index (χ4n) is 8.45. The topological polar surface area (TPSA) is 104 Å². The number of alkyl halides is 6. The molecule has 2 aliphatic heterocycles. The SMILES string of the molecule is COc1ccc(C2C3=CCC4C(=O)N(c5cc(C(F)(F)F)cc(C(F)(F)F)c5)C(=O)C4C3CC3C(=O)N(c4ccc(F)c(Cl)c4)C(=O)C32C)c(O)c1. The van der Waals surface area contributed by atoms with E-state index in [1.807, 2.05) is 0 Å². The molecule has 0 radical (unpaired) electrons. The van der Waals surface area contributed by atoms with Gasteiger partial charge in [0.25, 0.3) is 0 Å². The highest BCUT2D eigenvalue weighted by Gasteiger charge is 2.68. The van der Waals surface area contributed by atoms with Gasteiger partial charge in [-0.2, -0.15) is 26.3 Å². The highest BCUT2D eigenvalue weighted by atomic mass is 35.5. The van der Waals surface area contributed by atoms with Gasteiger partial charge in [-0.05, 0) is 68.1 Å². The van der Waals surface area contributed by atoms with Gasteiger partial charge in [0.1, 0.15) is 17.3 Å². The molecule has 16 heteroatoms. The Balaban J connectivity index is 1.37. The van der Waals surface area contributed by atoms with Crippen LogP contribution in [0.2, 0.25) is 5.02 Å². The molecular formula is C36H26ClF7N2O6. The number of benzene rings is 3. The van der Waals surface area contributed by atoms with E-state index in [1.54, 1.807) is 6.08 Å². The van der Waals surface area contributed by atoms with E-state index in [9.17, 15) is 55.0 Å². The Hall–Kier alpha value is -4.92. The van der Waals surface area contributed by atoms with Crippen LogP contribution in [0.1, 0.15) is 42.4 Å². The number of ether oxygens (including phenoxy) is 1. The number of rotatable bonds is 4. The second-order valence-electron chi connectivity index (χ2n) is 13.5. The van der Waals surface area contributed by atoms with Crippen molar-refractivity contribution in [3.63, 3.8) is 0 Å². The molecule has 7 rings (SSSR count). The van der Waals surface area contributed by atoms with Crippen LogP contribution in [-0.4, -0.2) is 35.8 Å². The Morgan fingerprint density at radius 2 is 1.48 bits per heavy atom. The van der Waals surface area contributed by atoms with Gasteiger partial charge in [-0.3, -0.25) is 19.2 Å². The maximum absolute atomic E-state index is 14.5.